The fourth-order valence-corrected chi connectivity index (χ4v) is 1.40. The van der Waals surface area contributed by atoms with Crippen molar-refractivity contribution in [2.24, 2.45) is 0 Å². The summed E-state index contributed by atoms with van der Waals surface area (Å²) in [6, 6.07) is 0. The molecule has 0 unspecified atom stereocenters. The van der Waals surface area contributed by atoms with Crippen molar-refractivity contribution in [3.05, 3.63) is 17.7 Å². The van der Waals surface area contributed by atoms with E-state index in [0.29, 0.717) is 0 Å². The lowest BCUT2D eigenvalue weighted by Crippen LogP contribution is -2.21. The Bertz CT molecular complexity index is 680. The molecule has 0 saturated carbocycles. The quantitative estimate of drug-likeness (QED) is 0.358. The number of tetrazole rings is 2. The summed E-state index contributed by atoms with van der Waals surface area (Å²) in [4.78, 5) is 30.3. The van der Waals surface area contributed by atoms with E-state index in [4.69, 9.17) is 0 Å². The van der Waals surface area contributed by atoms with Crippen LogP contribution in [0.4, 0.5) is 11.9 Å². The lowest BCUT2D eigenvalue weighted by Gasteiger charge is -2.02. The number of nitrogens with zero attached hydrogens (tertiary/aromatic N) is 7. The Morgan fingerprint density at radius 3 is 2.14 bits per heavy atom. The summed E-state index contributed by atoms with van der Waals surface area (Å²) in [6.07, 6.45) is 1.20. The van der Waals surface area contributed by atoms with E-state index in [-0.39, 0.29) is 23.3 Å². The molecule has 0 atom stereocenters. The minimum atomic E-state index is -0.671. The maximum Gasteiger partial charge on any atom is 0.279 e. The van der Waals surface area contributed by atoms with Gasteiger partial charge in [0.05, 0.1) is 6.33 Å². The van der Waals surface area contributed by atoms with Crippen LogP contribution in [-0.4, -0.2) is 63.0 Å². The maximum absolute atomic E-state index is 12.0. The summed E-state index contributed by atoms with van der Waals surface area (Å²) in [7, 11) is 0. The number of hydrogen-bond donors (Lipinski definition) is 5. The highest BCUT2D eigenvalue weighted by Crippen LogP contribution is 2.07. The molecule has 0 fully saturated rings. The molecule has 0 aliphatic carbocycles. The Kier molecular flexibility index (Phi) is 3.00. The van der Waals surface area contributed by atoms with Gasteiger partial charge in [-0.15, -0.1) is 0 Å². The van der Waals surface area contributed by atoms with Gasteiger partial charge in [-0.3, -0.25) is 20.2 Å². The van der Waals surface area contributed by atoms with Gasteiger partial charge in [-0.1, -0.05) is 10.2 Å². The van der Waals surface area contributed by atoms with Crippen LogP contribution in [0.15, 0.2) is 6.33 Å². The predicted molar refractivity (Wildman–Crippen MR) is 62.8 cm³/mol. The van der Waals surface area contributed by atoms with Crippen molar-refractivity contribution in [2.75, 3.05) is 10.6 Å². The Morgan fingerprint density at radius 1 is 0.952 bits per heavy atom. The van der Waals surface area contributed by atoms with Crippen LogP contribution in [0.1, 0.15) is 21.0 Å². The molecule has 14 heteroatoms. The Balaban J connectivity index is 1.77. The molecule has 0 saturated heterocycles. The van der Waals surface area contributed by atoms with E-state index in [1.807, 2.05) is 0 Å². The third-order valence-corrected chi connectivity index (χ3v) is 2.24. The number of rotatable bonds is 4. The van der Waals surface area contributed by atoms with Crippen LogP contribution >= 0.6 is 0 Å². The Morgan fingerprint density at radius 2 is 1.57 bits per heavy atom. The lowest BCUT2D eigenvalue weighted by atomic mass is 10.3. The molecular weight excluding hydrogens is 284 g/mol. The molecule has 5 N–H and O–H groups in total. The molecule has 3 heterocycles. The normalized spacial score (nSPS) is 10.3. The zero-order chi connectivity index (χ0) is 14.7. The number of imidazole rings is 1. The first kappa shape index (κ1) is 12.3. The van der Waals surface area contributed by atoms with Crippen molar-refractivity contribution in [2.45, 2.75) is 0 Å². The van der Waals surface area contributed by atoms with Crippen molar-refractivity contribution >= 4 is 23.7 Å². The van der Waals surface area contributed by atoms with Crippen LogP contribution in [0.25, 0.3) is 0 Å². The summed E-state index contributed by atoms with van der Waals surface area (Å²) in [5, 5.41) is 29.5. The summed E-state index contributed by atoms with van der Waals surface area (Å²) in [6.45, 7) is 0. The highest BCUT2D eigenvalue weighted by molar-refractivity contribution is 6.12. The molecule has 21 heavy (non-hydrogen) atoms. The second-order valence-electron chi connectivity index (χ2n) is 3.53. The number of aromatic amines is 3. The van der Waals surface area contributed by atoms with Crippen LogP contribution in [0.3, 0.4) is 0 Å². The van der Waals surface area contributed by atoms with E-state index in [1.165, 1.54) is 6.33 Å². The van der Waals surface area contributed by atoms with Gasteiger partial charge in [0.1, 0.15) is 5.69 Å². The van der Waals surface area contributed by atoms with Crippen molar-refractivity contribution in [3.63, 3.8) is 0 Å². The predicted octanol–water partition coefficient (Wildman–Crippen LogP) is -2.06. The second-order valence-corrected chi connectivity index (χ2v) is 3.53. The van der Waals surface area contributed by atoms with Gasteiger partial charge < -0.3 is 4.98 Å². The maximum atomic E-state index is 12.0. The molecule has 0 radical (unpaired) electrons. The third kappa shape index (κ3) is 2.53. The summed E-state index contributed by atoms with van der Waals surface area (Å²) >= 11 is 0. The van der Waals surface area contributed by atoms with Crippen molar-refractivity contribution in [3.8, 4) is 0 Å². The molecule has 0 spiro atoms. The largest absolute Gasteiger partial charge is 0.340 e. The highest BCUT2D eigenvalue weighted by Gasteiger charge is 2.22. The molecule has 14 nitrogen and oxygen atoms in total. The summed E-state index contributed by atoms with van der Waals surface area (Å²) in [5.74, 6) is -1.27. The Labute approximate surface area is 114 Å². The van der Waals surface area contributed by atoms with Gasteiger partial charge in [0.15, 0.2) is 5.69 Å². The molecule has 0 aromatic carbocycles. The van der Waals surface area contributed by atoms with Crippen molar-refractivity contribution < 1.29 is 9.59 Å². The molecular formula is C7H6N12O2. The SMILES string of the molecule is O=C(Nc1nnn[nH]1)c1nc[nH]c1C(=O)Nc1nnn[nH]1. The topological polar surface area (TPSA) is 196 Å². The molecule has 3 aromatic heterocycles. The van der Waals surface area contributed by atoms with Crippen LogP contribution in [-0.2, 0) is 0 Å². The van der Waals surface area contributed by atoms with E-state index >= 15 is 0 Å². The molecule has 2 amide bonds. The monoisotopic (exact) mass is 290 g/mol. The van der Waals surface area contributed by atoms with Gasteiger partial charge in [-0.05, 0) is 20.9 Å². The second kappa shape index (κ2) is 5.11. The third-order valence-electron chi connectivity index (χ3n) is 2.24. The van der Waals surface area contributed by atoms with Crippen LogP contribution in [0.2, 0.25) is 0 Å². The van der Waals surface area contributed by atoms with Gasteiger partial charge in [0.25, 0.3) is 11.8 Å². The zero-order valence-electron chi connectivity index (χ0n) is 10.0. The number of carbonyl (C=O) groups is 2. The number of amides is 2. The summed E-state index contributed by atoms with van der Waals surface area (Å²) in [5.41, 5.74) is -0.215. The first-order valence-electron chi connectivity index (χ1n) is 5.37. The first-order chi connectivity index (χ1) is 10.2. The van der Waals surface area contributed by atoms with Gasteiger partial charge >= 0.3 is 0 Å². The van der Waals surface area contributed by atoms with E-state index in [9.17, 15) is 9.59 Å². The number of nitrogens with one attached hydrogen (secondary N) is 5. The van der Waals surface area contributed by atoms with E-state index in [0.717, 1.165) is 0 Å². The van der Waals surface area contributed by atoms with E-state index in [2.05, 4.69) is 61.8 Å². The number of carbonyl (C=O) groups excluding carboxylic acids is 2. The minimum absolute atomic E-state index is 0.0220. The number of anilines is 2. The molecule has 0 bridgehead atoms. The molecule has 106 valence electrons. The van der Waals surface area contributed by atoms with Gasteiger partial charge in [-0.25, -0.2) is 15.2 Å². The molecule has 0 aliphatic heterocycles. The molecule has 0 aliphatic rings. The average Bonchev–Trinajstić information content (AvgIpc) is 3.20. The number of aromatic nitrogens is 10. The van der Waals surface area contributed by atoms with E-state index < -0.39 is 11.8 Å². The number of hydrogen-bond acceptors (Lipinski definition) is 9. The first-order valence-corrected chi connectivity index (χ1v) is 5.37. The molecule has 3 aromatic rings. The smallest absolute Gasteiger partial charge is 0.279 e. The fourth-order valence-electron chi connectivity index (χ4n) is 1.40. The minimum Gasteiger partial charge on any atom is -0.340 e. The van der Waals surface area contributed by atoms with Gasteiger partial charge in [-0.2, -0.15) is 0 Å². The Hall–Kier alpha value is -3.71. The molecule has 3 rings (SSSR count). The fraction of sp³-hybridized carbons (Fsp3) is 0. The van der Waals surface area contributed by atoms with Crippen LogP contribution in [0, 0.1) is 0 Å². The van der Waals surface area contributed by atoms with E-state index in [1.54, 1.807) is 0 Å². The highest BCUT2D eigenvalue weighted by atomic mass is 16.2. The van der Waals surface area contributed by atoms with Crippen molar-refractivity contribution in [1.82, 2.24) is 51.2 Å². The average molecular weight is 290 g/mol. The van der Waals surface area contributed by atoms with Gasteiger partial charge in [0.2, 0.25) is 11.9 Å². The van der Waals surface area contributed by atoms with Crippen molar-refractivity contribution in [1.29, 1.82) is 0 Å². The zero-order valence-corrected chi connectivity index (χ0v) is 10.0. The summed E-state index contributed by atoms with van der Waals surface area (Å²) < 4.78 is 0. The standard InChI is InChI=1S/C7H6N12O2/c20-4(10-6-12-16-17-13-6)2-3(9-1-8-2)5(21)11-7-14-18-19-15-7/h1H,(H,8,9)(H2,10,12,13,16,17,20)(H2,11,14,15,18,19,21). The van der Waals surface area contributed by atoms with Gasteiger partial charge in [0, 0.05) is 0 Å². The van der Waals surface area contributed by atoms with Crippen LogP contribution < -0.4 is 10.6 Å². The lowest BCUT2D eigenvalue weighted by molar-refractivity contribution is 0.0984. The van der Waals surface area contributed by atoms with Crippen LogP contribution in [0.5, 0.6) is 0 Å². The number of H-pyrrole nitrogens is 3.